The molecule has 10 heteroatoms. The Hall–Kier alpha value is -3.79. The Kier molecular flexibility index (Phi) is 4.63. The number of rotatable bonds is 3. The van der Waals surface area contributed by atoms with Crippen LogP contribution in [0.4, 0.5) is 10.8 Å². The third-order valence-corrected chi connectivity index (χ3v) is 6.36. The zero-order valence-corrected chi connectivity index (χ0v) is 17.0. The first-order valence-electron chi connectivity index (χ1n) is 9.62. The molecule has 1 aliphatic heterocycles. The number of nitrogens with zero attached hydrogens (tertiary/aromatic N) is 4. The van der Waals surface area contributed by atoms with E-state index in [9.17, 15) is 19.7 Å². The smallest absolute Gasteiger partial charge is 0.349 e. The van der Waals surface area contributed by atoms with Crippen molar-refractivity contribution in [2.45, 2.75) is 0 Å². The Labute approximate surface area is 179 Å². The molecule has 2 aromatic heterocycles. The number of thiazole rings is 1. The number of hydrogen-bond acceptors (Lipinski definition) is 8. The van der Waals surface area contributed by atoms with Gasteiger partial charge in [0.05, 0.1) is 15.1 Å². The summed E-state index contributed by atoms with van der Waals surface area (Å²) in [7, 11) is 0. The maximum absolute atomic E-state index is 12.9. The van der Waals surface area contributed by atoms with Gasteiger partial charge in [0.25, 0.3) is 11.6 Å². The van der Waals surface area contributed by atoms with Gasteiger partial charge in [0.2, 0.25) is 0 Å². The van der Waals surface area contributed by atoms with Crippen LogP contribution >= 0.6 is 11.3 Å². The highest BCUT2D eigenvalue weighted by atomic mass is 32.1. The lowest BCUT2D eigenvalue weighted by molar-refractivity contribution is -0.384. The zero-order chi connectivity index (χ0) is 21.5. The van der Waals surface area contributed by atoms with E-state index in [2.05, 4.69) is 4.98 Å². The molecule has 2 aromatic carbocycles. The highest BCUT2D eigenvalue weighted by molar-refractivity contribution is 7.22. The minimum absolute atomic E-state index is 0.0273. The van der Waals surface area contributed by atoms with Crippen molar-refractivity contribution in [3.8, 4) is 0 Å². The average Bonchev–Trinajstić information content (AvgIpc) is 3.21. The Morgan fingerprint density at radius 3 is 2.65 bits per heavy atom. The Morgan fingerprint density at radius 2 is 1.87 bits per heavy atom. The monoisotopic (exact) mass is 436 g/mol. The molecule has 0 saturated carbocycles. The summed E-state index contributed by atoms with van der Waals surface area (Å²) in [6, 6.07) is 13.3. The van der Waals surface area contributed by atoms with Gasteiger partial charge >= 0.3 is 5.63 Å². The normalized spacial score (nSPS) is 14.3. The van der Waals surface area contributed by atoms with Crippen LogP contribution in [0.15, 0.2) is 57.7 Å². The van der Waals surface area contributed by atoms with Crippen molar-refractivity contribution >= 4 is 49.2 Å². The summed E-state index contributed by atoms with van der Waals surface area (Å²) in [6.45, 7) is 1.96. The Bertz CT molecular complexity index is 1390. The second kappa shape index (κ2) is 7.47. The molecule has 1 amide bonds. The lowest BCUT2D eigenvalue weighted by Gasteiger charge is -2.34. The number of fused-ring (bicyclic) bond motifs is 2. The largest absolute Gasteiger partial charge is 0.422 e. The lowest BCUT2D eigenvalue weighted by atomic mass is 10.1. The highest BCUT2D eigenvalue weighted by Gasteiger charge is 2.26. The van der Waals surface area contributed by atoms with Gasteiger partial charge in [-0.3, -0.25) is 14.9 Å². The number of nitro benzene ring substituents is 1. The van der Waals surface area contributed by atoms with E-state index < -0.39 is 10.5 Å². The van der Waals surface area contributed by atoms with E-state index in [0.717, 1.165) is 9.83 Å². The van der Waals surface area contributed by atoms with Crippen molar-refractivity contribution in [3.05, 3.63) is 74.6 Å². The predicted octanol–water partition coefficient (Wildman–Crippen LogP) is 3.27. The summed E-state index contributed by atoms with van der Waals surface area (Å²) in [5, 5.41) is 12.4. The van der Waals surface area contributed by atoms with Crippen LogP contribution in [-0.2, 0) is 0 Å². The second-order valence-electron chi connectivity index (χ2n) is 7.17. The van der Waals surface area contributed by atoms with Crippen molar-refractivity contribution in [2.75, 3.05) is 31.1 Å². The molecule has 3 heterocycles. The van der Waals surface area contributed by atoms with Gasteiger partial charge in [0.15, 0.2) is 5.13 Å². The van der Waals surface area contributed by atoms with E-state index in [1.54, 1.807) is 35.2 Å². The van der Waals surface area contributed by atoms with E-state index in [4.69, 9.17) is 4.42 Å². The molecule has 1 aliphatic rings. The molecule has 0 atom stereocenters. The number of hydrogen-bond donors (Lipinski definition) is 0. The Morgan fingerprint density at radius 1 is 1.10 bits per heavy atom. The van der Waals surface area contributed by atoms with Crippen molar-refractivity contribution in [1.29, 1.82) is 0 Å². The highest BCUT2D eigenvalue weighted by Crippen LogP contribution is 2.32. The van der Waals surface area contributed by atoms with Gasteiger partial charge in [-0.25, -0.2) is 9.78 Å². The van der Waals surface area contributed by atoms with Gasteiger partial charge < -0.3 is 14.2 Å². The molecular weight excluding hydrogens is 420 g/mol. The van der Waals surface area contributed by atoms with Crippen molar-refractivity contribution in [2.24, 2.45) is 0 Å². The van der Waals surface area contributed by atoms with E-state index in [1.807, 2.05) is 11.0 Å². The van der Waals surface area contributed by atoms with Crippen LogP contribution in [-0.4, -0.2) is 46.9 Å². The fourth-order valence-corrected chi connectivity index (χ4v) is 4.68. The lowest BCUT2D eigenvalue weighted by Crippen LogP contribution is -2.49. The van der Waals surface area contributed by atoms with E-state index in [0.29, 0.717) is 42.7 Å². The summed E-state index contributed by atoms with van der Waals surface area (Å²) in [5.74, 6) is -0.348. The zero-order valence-electron chi connectivity index (χ0n) is 16.2. The number of para-hydroxylation sites is 1. The standard InChI is InChI=1S/C21H16N4O5S/c26-19(15-11-13-3-1-2-4-17(13)30-20(15)27)23-7-9-24(10-8-23)21-22-16-6-5-14(25(28)29)12-18(16)31-21/h1-6,11-12H,7-10H2. The molecule has 0 aliphatic carbocycles. The van der Waals surface area contributed by atoms with Gasteiger partial charge in [-0.1, -0.05) is 29.5 Å². The van der Waals surface area contributed by atoms with Gasteiger partial charge in [-0.15, -0.1) is 0 Å². The fourth-order valence-electron chi connectivity index (χ4n) is 3.63. The quantitative estimate of drug-likeness (QED) is 0.275. The minimum atomic E-state index is -0.640. The van der Waals surface area contributed by atoms with Gasteiger partial charge in [-0.2, -0.15) is 0 Å². The first-order chi connectivity index (χ1) is 15.0. The fraction of sp³-hybridized carbons (Fsp3) is 0.190. The van der Waals surface area contributed by atoms with E-state index in [1.165, 1.54) is 23.5 Å². The molecule has 0 bridgehead atoms. The molecular formula is C21H16N4O5S. The molecule has 0 radical (unpaired) electrons. The molecule has 1 saturated heterocycles. The molecule has 0 spiro atoms. The summed E-state index contributed by atoms with van der Waals surface area (Å²) >= 11 is 1.39. The van der Waals surface area contributed by atoms with Crippen molar-refractivity contribution in [1.82, 2.24) is 9.88 Å². The number of benzene rings is 2. The molecule has 0 N–H and O–H groups in total. The number of nitro groups is 1. The van der Waals surface area contributed by atoms with Crippen LogP contribution in [0.3, 0.4) is 0 Å². The van der Waals surface area contributed by atoms with Gasteiger partial charge in [0, 0.05) is 43.7 Å². The molecule has 5 rings (SSSR count). The topological polar surface area (TPSA) is 110 Å². The number of anilines is 1. The first-order valence-corrected chi connectivity index (χ1v) is 10.4. The van der Waals surface area contributed by atoms with Crippen LogP contribution in [0.25, 0.3) is 21.2 Å². The maximum atomic E-state index is 12.9. The SMILES string of the molecule is O=C(c1cc2ccccc2oc1=O)N1CCN(c2nc3ccc([N+](=O)[O-])cc3s2)CC1. The molecule has 9 nitrogen and oxygen atoms in total. The third kappa shape index (κ3) is 3.50. The first kappa shape index (κ1) is 19.2. The average molecular weight is 436 g/mol. The van der Waals surface area contributed by atoms with Gasteiger partial charge in [0.1, 0.15) is 11.1 Å². The van der Waals surface area contributed by atoms with E-state index >= 15 is 0 Å². The summed E-state index contributed by atoms with van der Waals surface area (Å²) in [5.41, 5.74) is 0.577. The molecule has 1 fully saturated rings. The van der Waals surface area contributed by atoms with Gasteiger partial charge in [-0.05, 0) is 18.2 Å². The summed E-state index contributed by atoms with van der Waals surface area (Å²) in [4.78, 5) is 44.0. The Balaban J connectivity index is 1.33. The number of aromatic nitrogens is 1. The number of carbonyl (C=O) groups excluding carboxylic acids is 1. The maximum Gasteiger partial charge on any atom is 0.349 e. The van der Waals surface area contributed by atoms with Crippen LogP contribution < -0.4 is 10.5 Å². The number of piperazine rings is 1. The van der Waals surface area contributed by atoms with Crippen molar-refractivity contribution < 1.29 is 14.1 Å². The van der Waals surface area contributed by atoms with E-state index in [-0.39, 0.29) is 17.2 Å². The molecule has 156 valence electrons. The number of carbonyl (C=O) groups is 1. The predicted molar refractivity (Wildman–Crippen MR) is 117 cm³/mol. The minimum Gasteiger partial charge on any atom is -0.422 e. The van der Waals surface area contributed by atoms with Crippen LogP contribution in [0.5, 0.6) is 0 Å². The summed E-state index contributed by atoms with van der Waals surface area (Å²) < 4.78 is 6.03. The second-order valence-corrected chi connectivity index (χ2v) is 8.18. The molecule has 4 aromatic rings. The third-order valence-electron chi connectivity index (χ3n) is 5.28. The number of non-ortho nitro benzene ring substituents is 1. The van der Waals surface area contributed by atoms with Crippen LogP contribution in [0.1, 0.15) is 10.4 Å². The van der Waals surface area contributed by atoms with Crippen molar-refractivity contribution in [3.63, 3.8) is 0 Å². The van der Waals surface area contributed by atoms with Crippen LogP contribution in [0.2, 0.25) is 0 Å². The number of amides is 1. The van der Waals surface area contributed by atoms with Crippen LogP contribution in [0, 0.1) is 10.1 Å². The molecule has 0 unspecified atom stereocenters. The molecule has 31 heavy (non-hydrogen) atoms. The summed E-state index contributed by atoms with van der Waals surface area (Å²) in [6.07, 6.45) is 0.